The van der Waals surface area contributed by atoms with Gasteiger partial charge in [-0.15, -0.1) is 0 Å². The van der Waals surface area contributed by atoms with Gasteiger partial charge in [-0.05, 0) is 29.7 Å². The topological polar surface area (TPSA) is 86.7 Å². The SMILES string of the molecule is COC(=O)c1ccc(/C=C2\SC(=S)N([C@H](C(=O)[O-])C(C)C)C2=O)cc1. The van der Waals surface area contributed by atoms with Crippen molar-refractivity contribution in [2.24, 2.45) is 5.92 Å². The Morgan fingerprint density at radius 1 is 1.28 bits per heavy atom. The molecule has 0 spiro atoms. The lowest BCUT2D eigenvalue weighted by molar-refractivity contribution is -0.311. The molecule has 0 saturated carbocycles. The van der Waals surface area contributed by atoms with E-state index >= 15 is 0 Å². The normalized spacial score (nSPS) is 17.3. The van der Waals surface area contributed by atoms with Crippen LogP contribution in [-0.2, 0) is 14.3 Å². The lowest BCUT2D eigenvalue weighted by atomic mass is 10.0. The van der Waals surface area contributed by atoms with Crippen molar-refractivity contribution in [2.45, 2.75) is 19.9 Å². The monoisotopic (exact) mass is 378 g/mol. The highest BCUT2D eigenvalue weighted by molar-refractivity contribution is 8.26. The Kier molecular flexibility index (Phi) is 5.97. The van der Waals surface area contributed by atoms with Crippen LogP contribution in [0.2, 0.25) is 0 Å². The minimum Gasteiger partial charge on any atom is -0.548 e. The number of methoxy groups -OCH3 is 1. The van der Waals surface area contributed by atoms with Gasteiger partial charge in [0.05, 0.1) is 29.6 Å². The Balaban J connectivity index is 2.28. The number of thioether (sulfide) groups is 1. The molecular weight excluding hydrogens is 362 g/mol. The van der Waals surface area contributed by atoms with Crippen molar-refractivity contribution in [1.29, 1.82) is 0 Å². The highest BCUT2D eigenvalue weighted by Crippen LogP contribution is 2.35. The quantitative estimate of drug-likeness (QED) is 0.435. The molecule has 25 heavy (non-hydrogen) atoms. The van der Waals surface area contributed by atoms with Gasteiger partial charge in [-0.25, -0.2) is 4.79 Å². The van der Waals surface area contributed by atoms with Crippen molar-refractivity contribution in [1.82, 2.24) is 4.90 Å². The lowest BCUT2D eigenvalue weighted by Gasteiger charge is -2.30. The minimum atomic E-state index is -1.34. The maximum absolute atomic E-state index is 12.6. The predicted octanol–water partition coefficient (Wildman–Crippen LogP) is 1.45. The number of benzene rings is 1. The molecule has 1 saturated heterocycles. The molecule has 132 valence electrons. The number of carboxylic acid groups (broad SMARTS) is 1. The molecule has 6 nitrogen and oxygen atoms in total. The Bertz CT molecular complexity index is 755. The van der Waals surface area contributed by atoms with Crippen LogP contribution < -0.4 is 5.11 Å². The maximum atomic E-state index is 12.6. The van der Waals surface area contributed by atoms with Gasteiger partial charge >= 0.3 is 5.97 Å². The number of aliphatic carboxylic acids is 1. The van der Waals surface area contributed by atoms with Crippen LogP contribution in [0.3, 0.4) is 0 Å². The molecule has 0 unspecified atom stereocenters. The average Bonchev–Trinajstić information content (AvgIpc) is 2.82. The van der Waals surface area contributed by atoms with E-state index in [1.807, 2.05) is 0 Å². The first-order valence-corrected chi connectivity index (χ1v) is 8.65. The van der Waals surface area contributed by atoms with Crippen LogP contribution in [0.1, 0.15) is 29.8 Å². The molecule has 1 amide bonds. The second kappa shape index (κ2) is 7.79. The van der Waals surface area contributed by atoms with E-state index in [0.717, 1.165) is 16.7 Å². The number of hydrogen-bond donors (Lipinski definition) is 0. The second-order valence-electron chi connectivity index (χ2n) is 5.67. The molecule has 1 aliphatic rings. The van der Waals surface area contributed by atoms with Crippen molar-refractivity contribution < 1.29 is 24.2 Å². The van der Waals surface area contributed by atoms with Crippen LogP contribution >= 0.6 is 24.0 Å². The van der Waals surface area contributed by atoms with Crippen molar-refractivity contribution in [3.63, 3.8) is 0 Å². The zero-order chi connectivity index (χ0) is 18.7. The van der Waals surface area contributed by atoms with E-state index in [4.69, 9.17) is 12.2 Å². The molecule has 1 aromatic carbocycles. The second-order valence-corrected chi connectivity index (χ2v) is 7.35. The van der Waals surface area contributed by atoms with Crippen LogP contribution in [0.15, 0.2) is 29.2 Å². The zero-order valence-electron chi connectivity index (χ0n) is 13.8. The van der Waals surface area contributed by atoms with Crippen LogP contribution in [0, 0.1) is 5.92 Å². The van der Waals surface area contributed by atoms with Gasteiger partial charge in [-0.2, -0.15) is 0 Å². The van der Waals surface area contributed by atoms with Gasteiger partial charge in [0.15, 0.2) is 0 Å². The molecule has 1 aromatic rings. The van der Waals surface area contributed by atoms with Gasteiger partial charge in [0.1, 0.15) is 4.32 Å². The third-order valence-corrected chi connectivity index (χ3v) is 4.93. The fourth-order valence-electron chi connectivity index (χ4n) is 2.38. The van der Waals surface area contributed by atoms with Crippen LogP contribution in [-0.4, -0.2) is 40.2 Å². The maximum Gasteiger partial charge on any atom is 0.337 e. The predicted molar refractivity (Wildman–Crippen MR) is 96.4 cm³/mol. The first-order valence-electron chi connectivity index (χ1n) is 7.42. The van der Waals surface area contributed by atoms with E-state index < -0.39 is 23.9 Å². The van der Waals surface area contributed by atoms with E-state index in [0.29, 0.717) is 16.0 Å². The van der Waals surface area contributed by atoms with Crippen molar-refractivity contribution in [3.8, 4) is 0 Å². The zero-order valence-corrected chi connectivity index (χ0v) is 15.5. The standard InChI is InChI=1S/C17H17NO5S2/c1-9(2)13(15(20)21)18-14(19)12(25-17(18)24)8-10-4-6-11(7-5-10)16(22)23-3/h4-9,13H,1-3H3,(H,20,21)/p-1/b12-8-/t13-/m0/s1. The first kappa shape index (κ1) is 19.1. The summed E-state index contributed by atoms with van der Waals surface area (Å²) in [6, 6.07) is 5.38. The molecule has 1 aliphatic heterocycles. The number of rotatable bonds is 5. The Morgan fingerprint density at radius 2 is 1.88 bits per heavy atom. The number of amides is 1. The molecule has 1 atom stereocenters. The van der Waals surface area contributed by atoms with Crippen molar-refractivity contribution in [2.75, 3.05) is 7.11 Å². The number of ether oxygens (including phenoxy) is 1. The summed E-state index contributed by atoms with van der Waals surface area (Å²) in [5, 5.41) is 11.4. The molecule has 1 heterocycles. The number of carboxylic acids is 1. The van der Waals surface area contributed by atoms with Gasteiger partial charge in [0.2, 0.25) is 0 Å². The fraction of sp³-hybridized carbons (Fsp3) is 0.294. The van der Waals surface area contributed by atoms with E-state index in [1.165, 1.54) is 7.11 Å². The molecule has 0 aliphatic carbocycles. The smallest absolute Gasteiger partial charge is 0.337 e. The number of carbonyl (C=O) groups excluding carboxylic acids is 3. The molecule has 0 bridgehead atoms. The average molecular weight is 378 g/mol. The molecule has 0 radical (unpaired) electrons. The van der Waals surface area contributed by atoms with Gasteiger partial charge in [0, 0.05) is 0 Å². The van der Waals surface area contributed by atoms with E-state index in [9.17, 15) is 19.5 Å². The summed E-state index contributed by atoms with van der Waals surface area (Å²) in [5.74, 6) is -2.59. The van der Waals surface area contributed by atoms with E-state index in [1.54, 1.807) is 44.2 Å². The first-order chi connectivity index (χ1) is 11.8. The highest BCUT2D eigenvalue weighted by atomic mass is 32.2. The largest absolute Gasteiger partial charge is 0.548 e. The third-order valence-electron chi connectivity index (χ3n) is 3.60. The summed E-state index contributed by atoms with van der Waals surface area (Å²) in [6.07, 6.45) is 1.60. The van der Waals surface area contributed by atoms with Gasteiger partial charge in [-0.3, -0.25) is 9.69 Å². The summed E-state index contributed by atoms with van der Waals surface area (Å²) < 4.78 is 4.81. The van der Waals surface area contributed by atoms with Crippen LogP contribution in [0.5, 0.6) is 0 Å². The Labute approximate surface area is 154 Å². The number of thiocarbonyl (C=S) groups is 1. The van der Waals surface area contributed by atoms with Crippen LogP contribution in [0.25, 0.3) is 6.08 Å². The van der Waals surface area contributed by atoms with Gasteiger partial charge in [-0.1, -0.05) is 50.0 Å². The molecule has 1 fully saturated rings. The molecule has 8 heteroatoms. The summed E-state index contributed by atoms with van der Waals surface area (Å²) in [7, 11) is 1.30. The summed E-state index contributed by atoms with van der Waals surface area (Å²) >= 11 is 6.21. The molecule has 0 N–H and O–H groups in total. The molecule has 2 rings (SSSR count). The number of esters is 1. The summed E-state index contributed by atoms with van der Waals surface area (Å²) in [5.41, 5.74) is 1.08. The molecular formula is C17H16NO5S2-. The number of nitrogens with zero attached hydrogens (tertiary/aromatic N) is 1. The summed E-state index contributed by atoms with van der Waals surface area (Å²) in [6.45, 7) is 3.38. The van der Waals surface area contributed by atoms with Gasteiger partial charge < -0.3 is 14.6 Å². The minimum absolute atomic E-state index is 0.185. The van der Waals surface area contributed by atoms with Crippen molar-refractivity contribution >= 4 is 52.2 Å². The lowest BCUT2D eigenvalue weighted by Crippen LogP contribution is -2.52. The number of carbonyl (C=O) groups is 3. The Hall–Kier alpha value is -2.19. The fourth-order valence-corrected chi connectivity index (χ4v) is 3.71. The summed E-state index contributed by atoms with van der Waals surface area (Å²) in [4.78, 5) is 36.8. The van der Waals surface area contributed by atoms with Crippen molar-refractivity contribution in [3.05, 3.63) is 40.3 Å². The third kappa shape index (κ3) is 4.08. The van der Waals surface area contributed by atoms with Crippen LogP contribution in [0.4, 0.5) is 0 Å². The van der Waals surface area contributed by atoms with E-state index in [2.05, 4.69) is 4.74 Å². The molecule has 0 aromatic heterocycles. The Morgan fingerprint density at radius 3 is 2.36 bits per heavy atom. The number of hydrogen-bond acceptors (Lipinski definition) is 7. The van der Waals surface area contributed by atoms with E-state index in [-0.39, 0.29) is 10.2 Å². The van der Waals surface area contributed by atoms with Gasteiger partial charge in [0.25, 0.3) is 5.91 Å². The highest BCUT2D eigenvalue weighted by Gasteiger charge is 2.38.